The lowest BCUT2D eigenvalue weighted by molar-refractivity contribution is 0.174. The van der Waals surface area contributed by atoms with Crippen molar-refractivity contribution >= 4 is 10.8 Å². The van der Waals surface area contributed by atoms with Crippen LogP contribution >= 0.6 is 0 Å². The molecular weight excluding hydrogens is 344 g/mol. The Balaban J connectivity index is 1.76. The Hall–Kier alpha value is -3.61. The van der Waals surface area contributed by atoms with Gasteiger partial charge >= 0.3 is 0 Å². The minimum atomic E-state index is -0.189. The highest BCUT2D eigenvalue weighted by atomic mass is 16.7. The Morgan fingerprint density at radius 2 is 1.89 bits per heavy atom. The summed E-state index contributed by atoms with van der Waals surface area (Å²) < 4.78 is 14.3. The smallest absolute Gasteiger partial charge is 0.282 e. The van der Waals surface area contributed by atoms with Gasteiger partial charge in [0, 0.05) is 34.7 Å². The minimum absolute atomic E-state index is 0.189. The third kappa shape index (κ3) is 2.25. The fraction of sp³-hybridized carbons (Fsp3) is 0.150. The minimum Gasteiger partial charge on any atom is -0.454 e. The Bertz CT molecular complexity index is 1240. The van der Waals surface area contributed by atoms with Gasteiger partial charge in [-0.2, -0.15) is 9.78 Å². The molecule has 0 saturated carbocycles. The predicted octanol–water partition coefficient (Wildman–Crippen LogP) is 2.92. The van der Waals surface area contributed by atoms with Crippen molar-refractivity contribution in [1.82, 2.24) is 19.3 Å². The average Bonchev–Trinajstić information content (AvgIpc) is 3.25. The molecule has 0 atom stereocenters. The molecule has 4 aromatic rings. The Morgan fingerprint density at radius 3 is 2.70 bits per heavy atom. The van der Waals surface area contributed by atoms with Gasteiger partial charge in [-0.05, 0) is 38.1 Å². The van der Waals surface area contributed by atoms with Crippen LogP contribution in [0.1, 0.15) is 11.4 Å². The van der Waals surface area contributed by atoms with Crippen molar-refractivity contribution in [3.05, 3.63) is 70.5 Å². The molecule has 0 N–H and O–H groups in total. The molecule has 1 aliphatic rings. The molecule has 134 valence electrons. The molecule has 0 radical (unpaired) electrons. The second kappa shape index (κ2) is 5.70. The van der Waals surface area contributed by atoms with Crippen LogP contribution in [-0.4, -0.2) is 26.1 Å². The summed E-state index contributed by atoms with van der Waals surface area (Å²) >= 11 is 0. The Kier molecular flexibility index (Phi) is 3.30. The van der Waals surface area contributed by atoms with E-state index in [1.807, 2.05) is 42.7 Å². The summed E-state index contributed by atoms with van der Waals surface area (Å²) in [5, 5.41) is 5.78. The van der Waals surface area contributed by atoms with Crippen LogP contribution in [0.2, 0.25) is 0 Å². The van der Waals surface area contributed by atoms with Gasteiger partial charge in [0.05, 0.1) is 11.6 Å². The van der Waals surface area contributed by atoms with Crippen molar-refractivity contribution in [3.8, 4) is 23.0 Å². The lowest BCUT2D eigenvalue weighted by atomic mass is 10.2. The van der Waals surface area contributed by atoms with Crippen molar-refractivity contribution < 1.29 is 9.47 Å². The SMILES string of the molecule is Cc1c2cnn(-c3ccccn3)c(=O)c2c(C)n1-c1ccc2c(c1)OCO2. The molecular formula is C20H16N4O3. The summed E-state index contributed by atoms with van der Waals surface area (Å²) in [6.07, 6.45) is 3.36. The van der Waals surface area contributed by atoms with Gasteiger partial charge in [-0.25, -0.2) is 4.98 Å². The molecule has 7 nitrogen and oxygen atoms in total. The molecule has 0 saturated heterocycles. The van der Waals surface area contributed by atoms with E-state index in [1.54, 1.807) is 24.5 Å². The number of fused-ring (bicyclic) bond motifs is 2. The van der Waals surface area contributed by atoms with E-state index in [-0.39, 0.29) is 12.4 Å². The Labute approximate surface area is 154 Å². The predicted molar refractivity (Wildman–Crippen MR) is 100 cm³/mol. The highest BCUT2D eigenvalue weighted by Crippen LogP contribution is 2.35. The van der Waals surface area contributed by atoms with Crippen LogP contribution in [0.25, 0.3) is 22.3 Å². The summed E-state index contributed by atoms with van der Waals surface area (Å²) in [4.78, 5) is 17.4. The van der Waals surface area contributed by atoms with E-state index in [0.29, 0.717) is 17.0 Å². The third-order valence-corrected chi connectivity index (χ3v) is 4.88. The third-order valence-electron chi connectivity index (χ3n) is 4.88. The zero-order valence-corrected chi connectivity index (χ0v) is 14.8. The second-order valence-corrected chi connectivity index (χ2v) is 6.38. The van der Waals surface area contributed by atoms with Crippen LogP contribution in [-0.2, 0) is 0 Å². The van der Waals surface area contributed by atoms with Gasteiger partial charge in [-0.1, -0.05) is 6.07 Å². The van der Waals surface area contributed by atoms with Gasteiger partial charge in [-0.3, -0.25) is 4.79 Å². The van der Waals surface area contributed by atoms with E-state index >= 15 is 0 Å². The van der Waals surface area contributed by atoms with Gasteiger partial charge in [-0.15, -0.1) is 0 Å². The van der Waals surface area contributed by atoms with Crippen molar-refractivity contribution in [1.29, 1.82) is 0 Å². The van der Waals surface area contributed by atoms with Crippen molar-refractivity contribution in [2.24, 2.45) is 0 Å². The van der Waals surface area contributed by atoms with Crippen molar-refractivity contribution in [3.63, 3.8) is 0 Å². The number of aromatic nitrogens is 4. The van der Waals surface area contributed by atoms with Gasteiger partial charge < -0.3 is 14.0 Å². The highest BCUT2D eigenvalue weighted by molar-refractivity contribution is 5.88. The number of ether oxygens (including phenoxy) is 2. The Morgan fingerprint density at radius 1 is 1.04 bits per heavy atom. The van der Waals surface area contributed by atoms with E-state index < -0.39 is 0 Å². The zero-order valence-electron chi connectivity index (χ0n) is 14.8. The van der Waals surface area contributed by atoms with Crippen LogP contribution in [0.5, 0.6) is 11.5 Å². The summed E-state index contributed by atoms with van der Waals surface area (Å²) in [5.74, 6) is 1.93. The first-order chi connectivity index (χ1) is 13.1. The van der Waals surface area contributed by atoms with Crippen LogP contribution < -0.4 is 15.0 Å². The van der Waals surface area contributed by atoms with E-state index in [0.717, 1.165) is 28.2 Å². The molecule has 0 amide bonds. The number of nitrogens with zero attached hydrogens (tertiary/aromatic N) is 4. The topological polar surface area (TPSA) is 71.2 Å². The first-order valence-corrected chi connectivity index (χ1v) is 8.56. The van der Waals surface area contributed by atoms with Crippen LogP contribution in [0.15, 0.2) is 53.6 Å². The van der Waals surface area contributed by atoms with Gasteiger partial charge in [0.25, 0.3) is 5.56 Å². The number of aryl methyl sites for hydroxylation is 2. The van der Waals surface area contributed by atoms with Crippen molar-refractivity contribution in [2.45, 2.75) is 13.8 Å². The molecule has 1 aliphatic heterocycles. The number of hydrogen-bond donors (Lipinski definition) is 0. The molecule has 0 aliphatic carbocycles. The molecule has 5 rings (SSSR count). The summed E-state index contributed by atoms with van der Waals surface area (Å²) in [6.45, 7) is 4.14. The van der Waals surface area contributed by atoms with E-state index in [4.69, 9.17) is 9.47 Å². The molecule has 4 heterocycles. The number of hydrogen-bond acceptors (Lipinski definition) is 5. The van der Waals surface area contributed by atoms with Crippen LogP contribution in [0, 0.1) is 13.8 Å². The first kappa shape index (κ1) is 15.6. The lowest BCUT2D eigenvalue weighted by Gasteiger charge is -2.10. The van der Waals surface area contributed by atoms with Gasteiger partial charge in [0.2, 0.25) is 6.79 Å². The van der Waals surface area contributed by atoms with Crippen molar-refractivity contribution in [2.75, 3.05) is 6.79 Å². The van der Waals surface area contributed by atoms with Crippen LogP contribution in [0.4, 0.5) is 0 Å². The quantitative estimate of drug-likeness (QED) is 0.550. The average molecular weight is 360 g/mol. The zero-order chi connectivity index (χ0) is 18.5. The summed E-state index contributed by atoms with van der Waals surface area (Å²) in [6, 6.07) is 11.2. The molecule has 27 heavy (non-hydrogen) atoms. The number of benzene rings is 1. The summed E-state index contributed by atoms with van der Waals surface area (Å²) in [7, 11) is 0. The standard InChI is InChI=1S/C20H16N4O3/c1-12-15-10-22-24(18-5-3-4-8-21-18)20(25)19(15)13(2)23(12)14-6-7-16-17(9-14)27-11-26-16/h3-10H,11H2,1-2H3. The van der Waals surface area contributed by atoms with E-state index in [1.165, 1.54) is 4.68 Å². The van der Waals surface area contributed by atoms with Crippen LogP contribution in [0.3, 0.4) is 0 Å². The molecule has 0 bridgehead atoms. The maximum Gasteiger partial charge on any atom is 0.282 e. The fourth-order valence-electron chi connectivity index (χ4n) is 3.62. The van der Waals surface area contributed by atoms with Gasteiger partial charge in [0.15, 0.2) is 17.3 Å². The second-order valence-electron chi connectivity index (χ2n) is 6.38. The maximum atomic E-state index is 13.1. The highest BCUT2D eigenvalue weighted by Gasteiger charge is 2.20. The number of pyridine rings is 1. The normalized spacial score (nSPS) is 12.7. The molecule has 3 aromatic heterocycles. The monoisotopic (exact) mass is 360 g/mol. The fourth-order valence-corrected chi connectivity index (χ4v) is 3.62. The lowest BCUT2D eigenvalue weighted by Crippen LogP contribution is -2.21. The molecule has 0 unspecified atom stereocenters. The number of rotatable bonds is 2. The van der Waals surface area contributed by atoms with E-state index in [9.17, 15) is 4.79 Å². The maximum absolute atomic E-state index is 13.1. The van der Waals surface area contributed by atoms with Gasteiger partial charge in [0.1, 0.15) is 0 Å². The summed E-state index contributed by atoms with van der Waals surface area (Å²) in [5.41, 5.74) is 2.51. The van der Waals surface area contributed by atoms with E-state index in [2.05, 4.69) is 10.1 Å². The molecule has 1 aromatic carbocycles. The first-order valence-electron chi connectivity index (χ1n) is 8.56. The largest absolute Gasteiger partial charge is 0.454 e. The molecule has 0 spiro atoms. The molecule has 7 heteroatoms. The molecule has 0 fully saturated rings.